The number of nitrogens with zero attached hydrogens (tertiary/aromatic N) is 1. The number of hydrogen-bond acceptors (Lipinski definition) is 6. The Bertz CT molecular complexity index is 915. The van der Waals surface area contributed by atoms with E-state index in [0.29, 0.717) is 11.3 Å². The number of ketones is 1. The van der Waals surface area contributed by atoms with Crippen LogP contribution in [0.1, 0.15) is 23.4 Å². The number of rotatable bonds is 9. The topological polar surface area (TPSA) is 82.6 Å². The molecule has 0 atom stereocenters. The van der Waals surface area contributed by atoms with Gasteiger partial charge in [-0.3, -0.25) is 9.78 Å². The number of hydrogen-bond donors (Lipinski definition) is 0. The predicted molar refractivity (Wildman–Crippen MR) is 94.3 cm³/mol. The average Bonchev–Trinajstić information content (AvgIpc) is 2.62. The first-order chi connectivity index (χ1) is 13.1. The molecule has 0 saturated carbocycles. The molecule has 0 amide bonds. The number of aryl methyl sites for hydroxylation is 1. The molecule has 2 rings (SSSR count). The lowest BCUT2D eigenvalue weighted by atomic mass is 10.1. The number of ether oxygens (including phenoxy) is 1. The molecule has 0 spiro atoms. The quantitative estimate of drug-likeness (QED) is 0.461. The first-order valence-electron chi connectivity index (χ1n) is 8.16. The molecule has 1 aromatic carbocycles. The third-order valence-corrected chi connectivity index (χ3v) is 4.62. The lowest BCUT2D eigenvalue weighted by molar-refractivity contribution is -0.122. The molecule has 28 heavy (non-hydrogen) atoms. The summed E-state index contributed by atoms with van der Waals surface area (Å²) < 4.78 is 69.7. The largest absolute Gasteiger partial charge is 0.534 e. The molecule has 0 saturated heterocycles. The summed E-state index contributed by atoms with van der Waals surface area (Å²) in [5.41, 5.74) is -4.40. The zero-order valence-electron chi connectivity index (χ0n) is 14.9. The van der Waals surface area contributed by atoms with Crippen molar-refractivity contribution >= 4 is 15.9 Å². The second kappa shape index (κ2) is 9.16. The van der Waals surface area contributed by atoms with Crippen LogP contribution in [0, 0.1) is 0 Å². The second-order valence-electron chi connectivity index (χ2n) is 5.86. The number of aromatic nitrogens is 1. The van der Waals surface area contributed by atoms with Gasteiger partial charge in [-0.25, -0.2) is 0 Å². The average molecular weight is 417 g/mol. The Morgan fingerprint density at radius 2 is 1.79 bits per heavy atom. The van der Waals surface area contributed by atoms with E-state index in [4.69, 9.17) is 4.74 Å². The molecule has 0 aliphatic heterocycles. The first-order valence-corrected chi connectivity index (χ1v) is 9.57. The fourth-order valence-electron chi connectivity index (χ4n) is 2.33. The summed E-state index contributed by atoms with van der Waals surface area (Å²) in [7, 11) is -4.43. The van der Waals surface area contributed by atoms with Crippen molar-refractivity contribution in [3.63, 3.8) is 0 Å². The minimum Gasteiger partial charge on any atom is -0.377 e. The van der Waals surface area contributed by atoms with Gasteiger partial charge in [-0.15, -0.1) is 0 Å². The normalized spacial score (nSPS) is 12.0. The highest BCUT2D eigenvalue weighted by Gasteiger charge is 2.48. The van der Waals surface area contributed by atoms with Crippen LogP contribution >= 0.6 is 0 Å². The molecule has 10 heteroatoms. The summed E-state index contributed by atoms with van der Waals surface area (Å²) in [5.74, 6) is -0.665. The molecule has 1 heterocycles. The van der Waals surface area contributed by atoms with Gasteiger partial charge in [-0.2, -0.15) is 21.6 Å². The third-order valence-electron chi connectivity index (χ3n) is 3.65. The highest BCUT2D eigenvalue weighted by Crippen LogP contribution is 2.29. The summed E-state index contributed by atoms with van der Waals surface area (Å²) >= 11 is 0. The molecule has 0 N–H and O–H groups in total. The first kappa shape index (κ1) is 21.8. The number of carbonyl (C=O) groups is 1. The summed E-state index contributed by atoms with van der Waals surface area (Å²) in [6.07, 6.45) is 0.423. The fourth-order valence-corrected chi connectivity index (χ4v) is 2.81. The van der Waals surface area contributed by atoms with Crippen molar-refractivity contribution in [3.05, 3.63) is 59.4 Å². The Kier molecular flexibility index (Phi) is 7.14. The molecule has 0 aliphatic rings. The number of carbonyl (C=O) groups excluding carboxylic acids is 1. The van der Waals surface area contributed by atoms with Gasteiger partial charge >= 0.3 is 15.6 Å². The zero-order chi connectivity index (χ0) is 20.8. The lowest BCUT2D eigenvalue weighted by Crippen LogP contribution is -2.28. The second-order valence-corrected chi connectivity index (χ2v) is 7.40. The van der Waals surface area contributed by atoms with Gasteiger partial charge in [0, 0.05) is 25.6 Å². The molecule has 1 aromatic heterocycles. The van der Waals surface area contributed by atoms with Gasteiger partial charge in [0.05, 0.1) is 5.69 Å². The van der Waals surface area contributed by atoms with Crippen LogP contribution in [-0.4, -0.2) is 38.4 Å². The number of alkyl halides is 3. The van der Waals surface area contributed by atoms with E-state index in [0.717, 1.165) is 6.07 Å². The summed E-state index contributed by atoms with van der Waals surface area (Å²) in [4.78, 5) is 15.8. The highest BCUT2D eigenvalue weighted by atomic mass is 32.2. The molecular weight excluding hydrogens is 399 g/mol. The Hall–Kier alpha value is -2.46. The number of methoxy groups -OCH3 is 1. The van der Waals surface area contributed by atoms with E-state index in [9.17, 15) is 26.4 Å². The van der Waals surface area contributed by atoms with E-state index in [1.807, 2.05) is 0 Å². The van der Waals surface area contributed by atoms with Crippen molar-refractivity contribution in [2.24, 2.45) is 0 Å². The van der Waals surface area contributed by atoms with Crippen LogP contribution < -0.4 is 4.18 Å². The van der Waals surface area contributed by atoms with Gasteiger partial charge in [0.1, 0.15) is 6.61 Å². The van der Waals surface area contributed by atoms with Gasteiger partial charge in [-0.05, 0) is 24.1 Å². The summed E-state index contributed by atoms with van der Waals surface area (Å²) in [5, 5.41) is 0. The Labute approximate surface area is 160 Å². The van der Waals surface area contributed by atoms with Crippen LogP contribution in [0.25, 0.3) is 0 Å². The Balaban J connectivity index is 2.31. The van der Waals surface area contributed by atoms with Gasteiger partial charge in [0.15, 0.2) is 11.5 Å². The number of halogens is 3. The molecule has 6 nitrogen and oxygen atoms in total. The molecule has 2 aromatic rings. The maximum atomic E-state index is 12.7. The standard InChI is InChI=1S/C18H18F3NO5S/c1-26-12-15(23)9-7-14-8-10-17(27-28(24,25)18(19,20)21)16(22-14)11-13-5-3-2-4-6-13/h2-6,8,10H,7,9,11-12H2,1H3. The van der Waals surface area contributed by atoms with Crippen LogP contribution in [0.5, 0.6) is 5.75 Å². The van der Waals surface area contributed by atoms with E-state index < -0.39 is 21.4 Å². The fraction of sp³-hybridized carbons (Fsp3) is 0.333. The number of benzene rings is 1. The van der Waals surface area contributed by atoms with Gasteiger partial charge in [-0.1, -0.05) is 30.3 Å². The SMILES string of the molecule is COCC(=O)CCc1ccc(OS(=O)(=O)C(F)(F)F)c(Cc2ccccc2)n1. The van der Waals surface area contributed by atoms with Crippen molar-refractivity contribution in [2.75, 3.05) is 13.7 Å². The smallest absolute Gasteiger partial charge is 0.377 e. The van der Waals surface area contributed by atoms with Crippen molar-refractivity contribution in [3.8, 4) is 5.75 Å². The molecule has 0 bridgehead atoms. The van der Waals surface area contributed by atoms with E-state index in [1.165, 1.54) is 13.2 Å². The minimum absolute atomic E-state index is 0.0238. The van der Waals surface area contributed by atoms with Gasteiger partial charge < -0.3 is 8.92 Å². The van der Waals surface area contributed by atoms with E-state index >= 15 is 0 Å². The molecular formula is C18H18F3NO5S. The van der Waals surface area contributed by atoms with Gasteiger partial charge in [0.25, 0.3) is 0 Å². The predicted octanol–water partition coefficient (Wildman–Crippen LogP) is 3.05. The minimum atomic E-state index is -5.82. The third kappa shape index (κ3) is 6.03. The van der Waals surface area contributed by atoms with E-state index in [-0.39, 0.29) is 37.3 Å². The molecule has 0 fully saturated rings. The Morgan fingerprint density at radius 3 is 2.39 bits per heavy atom. The van der Waals surface area contributed by atoms with E-state index in [2.05, 4.69) is 9.17 Å². The maximum absolute atomic E-state index is 12.7. The molecule has 0 aliphatic carbocycles. The van der Waals surface area contributed by atoms with Crippen LogP contribution in [0.3, 0.4) is 0 Å². The van der Waals surface area contributed by atoms with E-state index in [1.54, 1.807) is 30.3 Å². The number of pyridine rings is 1. The zero-order valence-corrected chi connectivity index (χ0v) is 15.7. The van der Waals surface area contributed by atoms with Crippen molar-refractivity contribution in [1.29, 1.82) is 0 Å². The van der Waals surface area contributed by atoms with Crippen molar-refractivity contribution in [1.82, 2.24) is 4.98 Å². The summed E-state index contributed by atoms with van der Waals surface area (Å²) in [6.45, 7) is -0.0537. The molecule has 0 radical (unpaired) electrons. The molecule has 152 valence electrons. The van der Waals surface area contributed by atoms with Crippen LogP contribution in [0.15, 0.2) is 42.5 Å². The number of Topliss-reactive ketones (excluding diaryl/α,β-unsaturated/α-hetero) is 1. The maximum Gasteiger partial charge on any atom is 0.534 e. The van der Waals surface area contributed by atoms with Crippen molar-refractivity contribution in [2.45, 2.75) is 24.8 Å². The Morgan fingerprint density at radius 1 is 1.11 bits per heavy atom. The van der Waals surface area contributed by atoms with Crippen LogP contribution in [0.2, 0.25) is 0 Å². The monoisotopic (exact) mass is 417 g/mol. The highest BCUT2D eigenvalue weighted by molar-refractivity contribution is 7.88. The summed E-state index contributed by atoms with van der Waals surface area (Å²) in [6, 6.07) is 11.1. The van der Waals surface area contributed by atoms with Crippen molar-refractivity contribution < 1.29 is 35.3 Å². The van der Waals surface area contributed by atoms with Crippen LogP contribution in [-0.2, 0) is 32.5 Å². The van der Waals surface area contributed by atoms with Crippen LogP contribution in [0.4, 0.5) is 13.2 Å². The van der Waals surface area contributed by atoms with Gasteiger partial charge in [0.2, 0.25) is 0 Å². The molecule has 0 unspecified atom stereocenters. The lowest BCUT2D eigenvalue weighted by Gasteiger charge is -2.14.